The van der Waals surface area contributed by atoms with Gasteiger partial charge in [0, 0.05) is 18.2 Å². The van der Waals surface area contributed by atoms with Crippen LogP contribution in [0.15, 0.2) is 0 Å². The lowest BCUT2D eigenvalue weighted by molar-refractivity contribution is 0.339. The van der Waals surface area contributed by atoms with E-state index in [-0.39, 0.29) is 0 Å². The minimum absolute atomic E-state index is 0.363. The molecule has 1 aromatic rings. The molecule has 0 saturated carbocycles. The van der Waals surface area contributed by atoms with E-state index in [0.717, 1.165) is 24.2 Å². The van der Waals surface area contributed by atoms with E-state index in [4.69, 9.17) is 9.47 Å². The first kappa shape index (κ1) is 10.2. The fraction of sp³-hybridized carbons (Fsp3) is 0.600. The largest absolute Gasteiger partial charge is 0.481 e. The second-order valence-electron chi connectivity index (χ2n) is 3.63. The lowest BCUT2D eigenvalue weighted by Crippen LogP contribution is -2.34. The van der Waals surface area contributed by atoms with Gasteiger partial charge in [-0.25, -0.2) is 0 Å². The first-order chi connectivity index (χ1) is 7.24. The Morgan fingerprint density at radius 3 is 2.73 bits per heavy atom. The number of nitrogens with one attached hydrogen (secondary N) is 1. The third-order valence-electron chi connectivity index (χ3n) is 2.54. The van der Waals surface area contributed by atoms with Crippen molar-refractivity contribution in [2.75, 3.05) is 14.2 Å². The zero-order valence-corrected chi connectivity index (χ0v) is 9.20. The van der Waals surface area contributed by atoms with Crippen molar-refractivity contribution >= 4 is 0 Å². The van der Waals surface area contributed by atoms with Gasteiger partial charge in [0.15, 0.2) is 0 Å². The number of nitrogens with zero attached hydrogens (tertiary/aromatic N) is 2. The number of hydrogen-bond donors (Lipinski definition) is 1. The van der Waals surface area contributed by atoms with E-state index in [0.29, 0.717) is 17.9 Å². The fourth-order valence-corrected chi connectivity index (χ4v) is 1.75. The van der Waals surface area contributed by atoms with Crippen LogP contribution in [0, 0.1) is 0 Å². The molecule has 2 rings (SSSR count). The molecule has 1 aliphatic rings. The zero-order valence-electron chi connectivity index (χ0n) is 9.20. The predicted octanol–water partition coefficient (Wildman–Crippen LogP) is 0.528. The summed E-state index contributed by atoms with van der Waals surface area (Å²) in [5, 5.41) is 3.34. The van der Waals surface area contributed by atoms with E-state index in [2.05, 4.69) is 22.2 Å². The molecule has 1 aromatic heterocycles. The molecule has 5 nitrogen and oxygen atoms in total. The van der Waals surface area contributed by atoms with Crippen LogP contribution in [-0.2, 0) is 13.0 Å². The second kappa shape index (κ2) is 4.02. The number of ether oxygens (including phenoxy) is 2. The monoisotopic (exact) mass is 209 g/mol. The van der Waals surface area contributed by atoms with Gasteiger partial charge in [0.1, 0.15) is 0 Å². The maximum absolute atomic E-state index is 5.24. The summed E-state index contributed by atoms with van der Waals surface area (Å²) in [6, 6.07) is 0.797. The first-order valence-electron chi connectivity index (χ1n) is 4.95. The van der Waals surface area contributed by atoms with Crippen molar-refractivity contribution in [3.8, 4) is 11.9 Å². The molecule has 0 aliphatic carbocycles. The number of aromatic nitrogens is 2. The van der Waals surface area contributed by atoms with E-state index in [1.165, 1.54) is 0 Å². The quantitative estimate of drug-likeness (QED) is 0.770. The van der Waals surface area contributed by atoms with Crippen LogP contribution in [0.3, 0.4) is 0 Å². The molecule has 15 heavy (non-hydrogen) atoms. The van der Waals surface area contributed by atoms with Gasteiger partial charge >= 0.3 is 6.01 Å². The Morgan fingerprint density at radius 1 is 1.27 bits per heavy atom. The minimum atomic E-state index is 0.363. The van der Waals surface area contributed by atoms with Gasteiger partial charge in [0.2, 0.25) is 5.88 Å². The topological polar surface area (TPSA) is 56.3 Å². The van der Waals surface area contributed by atoms with Crippen molar-refractivity contribution in [1.82, 2.24) is 15.3 Å². The minimum Gasteiger partial charge on any atom is -0.481 e. The number of fused-ring (bicyclic) bond motifs is 1. The van der Waals surface area contributed by atoms with Crippen LogP contribution in [0.2, 0.25) is 0 Å². The van der Waals surface area contributed by atoms with Gasteiger partial charge in [0.05, 0.1) is 19.9 Å². The van der Waals surface area contributed by atoms with Gasteiger partial charge < -0.3 is 14.8 Å². The maximum Gasteiger partial charge on any atom is 0.319 e. The van der Waals surface area contributed by atoms with Gasteiger partial charge in [-0.05, 0) is 13.3 Å². The molecule has 0 bridgehead atoms. The summed E-state index contributed by atoms with van der Waals surface area (Å²) in [6.45, 7) is 2.87. The van der Waals surface area contributed by atoms with Crippen molar-refractivity contribution in [1.29, 1.82) is 0 Å². The molecule has 0 aromatic carbocycles. The highest BCUT2D eigenvalue weighted by Crippen LogP contribution is 2.25. The van der Waals surface area contributed by atoms with E-state index >= 15 is 0 Å². The summed E-state index contributed by atoms with van der Waals surface area (Å²) in [7, 11) is 3.18. The number of rotatable bonds is 2. The Kier molecular flexibility index (Phi) is 2.73. The molecule has 82 valence electrons. The highest BCUT2D eigenvalue weighted by Gasteiger charge is 2.21. The highest BCUT2D eigenvalue weighted by molar-refractivity contribution is 5.34. The van der Waals surface area contributed by atoms with Crippen molar-refractivity contribution in [3.05, 3.63) is 11.3 Å². The highest BCUT2D eigenvalue weighted by atomic mass is 16.5. The van der Waals surface area contributed by atoms with Crippen molar-refractivity contribution in [2.24, 2.45) is 0 Å². The molecular weight excluding hydrogens is 194 g/mol. The average Bonchev–Trinajstić information content (AvgIpc) is 2.27. The molecule has 0 saturated heterocycles. The summed E-state index contributed by atoms with van der Waals surface area (Å²) in [5.74, 6) is 0.630. The summed E-state index contributed by atoms with van der Waals surface area (Å²) >= 11 is 0. The van der Waals surface area contributed by atoms with Crippen molar-refractivity contribution in [2.45, 2.75) is 25.9 Å². The van der Waals surface area contributed by atoms with Crippen LogP contribution in [0.4, 0.5) is 0 Å². The maximum atomic E-state index is 5.24. The van der Waals surface area contributed by atoms with Crippen molar-refractivity contribution < 1.29 is 9.47 Å². The number of methoxy groups -OCH3 is 2. The lowest BCUT2D eigenvalue weighted by atomic mass is 10.0. The molecule has 0 fully saturated rings. The van der Waals surface area contributed by atoms with Crippen LogP contribution in [0.5, 0.6) is 11.9 Å². The van der Waals surface area contributed by atoms with E-state index in [1.807, 2.05) is 0 Å². The average molecular weight is 209 g/mol. The fourth-order valence-electron chi connectivity index (χ4n) is 1.75. The van der Waals surface area contributed by atoms with Gasteiger partial charge in [-0.1, -0.05) is 0 Å². The van der Waals surface area contributed by atoms with Crippen LogP contribution in [0.25, 0.3) is 0 Å². The van der Waals surface area contributed by atoms with Crippen molar-refractivity contribution in [3.63, 3.8) is 0 Å². The summed E-state index contributed by atoms with van der Waals surface area (Å²) < 4.78 is 10.3. The van der Waals surface area contributed by atoms with Gasteiger partial charge in [-0.3, -0.25) is 0 Å². The third kappa shape index (κ3) is 1.87. The molecule has 5 heteroatoms. The molecule has 1 aliphatic heterocycles. The molecule has 0 spiro atoms. The van der Waals surface area contributed by atoms with Crippen LogP contribution in [0.1, 0.15) is 18.2 Å². The van der Waals surface area contributed by atoms with E-state index in [1.54, 1.807) is 14.2 Å². The second-order valence-corrected chi connectivity index (χ2v) is 3.63. The van der Waals surface area contributed by atoms with Crippen LogP contribution < -0.4 is 14.8 Å². The van der Waals surface area contributed by atoms with Gasteiger partial charge in [0.25, 0.3) is 0 Å². The Hall–Kier alpha value is -1.36. The normalized spacial score (nSPS) is 19.5. The SMILES string of the molecule is COc1nc2c(c(OC)n1)CC(C)NC2. The summed E-state index contributed by atoms with van der Waals surface area (Å²) in [4.78, 5) is 8.47. The molecule has 0 amide bonds. The van der Waals surface area contributed by atoms with Crippen LogP contribution >= 0.6 is 0 Å². The first-order valence-corrected chi connectivity index (χ1v) is 4.95. The Balaban J connectivity index is 2.44. The summed E-state index contributed by atoms with van der Waals surface area (Å²) in [5.41, 5.74) is 2.06. The molecule has 2 heterocycles. The third-order valence-corrected chi connectivity index (χ3v) is 2.54. The molecular formula is C10H15N3O2. The molecule has 0 radical (unpaired) electrons. The van der Waals surface area contributed by atoms with Gasteiger partial charge in [-0.15, -0.1) is 0 Å². The zero-order chi connectivity index (χ0) is 10.8. The molecule has 1 atom stereocenters. The summed E-state index contributed by atoms with van der Waals surface area (Å²) in [6.07, 6.45) is 0.891. The van der Waals surface area contributed by atoms with E-state index < -0.39 is 0 Å². The Labute approximate surface area is 88.8 Å². The Morgan fingerprint density at radius 2 is 2.07 bits per heavy atom. The predicted molar refractivity (Wildman–Crippen MR) is 55.1 cm³/mol. The van der Waals surface area contributed by atoms with Crippen LogP contribution in [-0.4, -0.2) is 30.2 Å². The smallest absolute Gasteiger partial charge is 0.319 e. The molecule has 1 N–H and O–H groups in total. The molecule has 1 unspecified atom stereocenters. The van der Waals surface area contributed by atoms with E-state index in [9.17, 15) is 0 Å². The standard InChI is InChI=1S/C10H15N3O2/c1-6-4-7-8(5-11-6)12-10(15-3)13-9(7)14-2/h6,11H,4-5H2,1-3H3. The van der Waals surface area contributed by atoms with Gasteiger partial charge in [-0.2, -0.15) is 9.97 Å². The lowest BCUT2D eigenvalue weighted by Gasteiger charge is -2.23. The number of hydrogen-bond acceptors (Lipinski definition) is 5. The Bertz CT molecular complexity index is 351.